The highest BCUT2D eigenvalue weighted by atomic mass is 16.2. The molecule has 1 rings (SSSR count). The molecule has 0 N–H and O–H groups in total. The number of ketones is 1. The minimum Gasteiger partial charge on any atom is -0.343 e. The van der Waals surface area contributed by atoms with Crippen LogP contribution in [0.15, 0.2) is 0 Å². The number of likely N-dealkylation sites (tertiary alicyclic amines) is 1. The van der Waals surface area contributed by atoms with Crippen molar-refractivity contribution in [3.63, 3.8) is 0 Å². The number of Topliss-reactive ketones (excluding diaryl/α,β-unsaturated/α-hetero) is 1. The van der Waals surface area contributed by atoms with E-state index in [1.807, 2.05) is 18.7 Å². The van der Waals surface area contributed by atoms with Gasteiger partial charge in [-0.1, -0.05) is 27.7 Å². The SMILES string of the molecule is CC(C)CC(=O)N1CCC(C(=O)C(C)C)CC1. The van der Waals surface area contributed by atoms with Gasteiger partial charge in [-0.05, 0) is 18.8 Å². The van der Waals surface area contributed by atoms with Gasteiger partial charge >= 0.3 is 0 Å². The standard InChI is InChI=1S/C14H25NO2/c1-10(2)9-13(16)15-7-5-12(6-8-15)14(17)11(3)4/h10-12H,5-9H2,1-4H3. The monoisotopic (exact) mass is 239 g/mol. The minimum atomic E-state index is 0.123. The van der Waals surface area contributed by atoms with Crippen molar-refractivity contribution in [2.45, 2.75) is 47.0 Å². The van der Waals surface area contributed by atoms with Gasteiger partial charge in [0, 0.05) is 31.3 Å². The second-order valence-corrected chi connectivity index (χ2v) is 5.81. The maximum atomic E-state index is 11.9. The van der Waals surface area contributed by atoms with Crippen LogP contribution < -0.4 is 0 Å². The lowest BCUT2D eigenvalue weighted by Gasteiger charge is -2.32. The Labute approximate surface area is 105 Å². The van der Waals surface area contributed by atoms with Crippen LogP contribution in [0.1, 0.15) is 47.0 Å². The highest BCUT2D eigenvalue weighted by molar-refractivity contribution is 5.83. The minimum absolute atomic E-state index is 0.123. The van der Waals surface area contributed by atoms with E-state index in [0.29, 0.717) is 18.1 Å². The fourth-order valence-electron chi connectivity index (χ4n) is 2.36. The Morgan fingerprint density at radius 2 is 1.65 bits per heavy atom. The first-order chi connectivity index (χ1) is 7.91. The normalized spacial score (nSPS) is 17.9. The molecule has 0 aliphatic carbocycles. The van der Waals surface area contributed by atoms with Gasteiger partial charge < -0.3 is 4.90 Å². The third-order valence-electron chi connectivity index (χ3n) is 3.40. The molecule has 0 radical (unpaired) electrons. The topological polar surface area (TPSA) is 37.4 Å². The molecule has 1 heterocycles. The van der Waals surface area contributed by atoms with E-state index in [1.165, 1.54) is 0 Å². The van der Waals surface area contributed by atoms with Crippen LogP contribution in [0.3, 0.4) is 0 Å². The quantitative estimate of drug-likeness (QED) is 0.756. The van der Waals surface area contributed by atoms with E-state index in [-0.39, 0.29) is 17.7 Å². The van der Waals surface area contributed by atoms with Crippen molar-refractivity contribution in [3.05, 3.63) is 0 Å². The van der Waals surface area contributed by atoms with Gasteiger partial charge in [0.25, 0.3) is 0 Å². The lowest BCUT2D eigenvalue weighted by Crippen LogP contribution is -2.41. The number of piperidine rings is 1. The van der Waals surface area contributed by atoms with E-state index in [2.05, 4.69) is 13.8 Å². The van der Waals surface area contributed by atoms with Crippen molar-refractivity contribution < 1.29 is 9.59 Å². The first-order valence-corrected chi connectivity index (χ1v) is 6.73. The fraction of sp³-hybridized carbons (Fsp3) is 0.857. The summed E-state index contributed by atoms with van der Waals surface area (Å²) >= 11 is 0. The van der Waals surface area contributed by atoms with E-state index >= 15 is 0 Å². The number of nitrogens with zero attached hydrogens (tertiary/aromatic N) is 1. The van der Waals surface area contributed by atoms with Crippen LogP contribution in [0.2, 0.25) is 0 Å². The van der Waals surface area contributed by atoms with E-state index < -0.39 is 0 Å². The third kappa shape index (κ3) is 4.14. The molecule has 1 aliphatic heterocycles. The van der Waals surface area contributed by atoms with Crippen molar-refractivity contribution >= 4 is 11.7 Å². The molecule has 0 unspecified atom stereocenters. The lowest BCUT2D eigenvalue weighted by molar-refractivity contribution is -0.136. The molecular formula is C14H25NO2. The molecule has 3 heteroatoms. The van der Waals surface area contributed by atoms with Gasteiger partial charge in [-0.2, -0.15) is 0 Å². The highest BCUT2D eigenvalue weighted by Crippen LogP contribution is 2.22. The molecular weight excluding hydrogens is 214 g/mol. The molecule has 1 aliphatic rings. The van der Waals surface area contributed by atoms with Crippen molar-refractivity contribution in [1.29, 1.82) is 0 Å². The summed E-state index contributed by atoms with van der Waals surface area (Å²) in [7, 11) is 0. The summed E-state index contributed by atoms with van der Waals surface area (Å²) < 4.78 is 0. The summed E-state index contributed by atoms with van der Waals surface area (Å²) in [5.74, 6) is 1.32. The number of carbonyl (C=O) groups excluding carboxylic acids is 2. The van der Waals surface area contributed by atoms with Crippen LogP contribution in [0.4, 0.5) is 0 Å². The van der Waals surface area contributed by atoms with Crippen LogP contribution in [-0.4, -0.2) is 29.7 Å². The summed E-state index contributed by atoms with van der Waals surface area (Å²) in [4.78, 5) is 25.6. The average molecular weight is 239 g/mol. The summed E-state index contributed by atoms with van der Waals surface area (Å²) in [6, 6.07) is 0. The number of carbonyl (C=O) groups is 2. The summed E-state index contributed by atoms with van der Waals surface area (Å²) in [5.41, 5.74) is 0. The van der Waals surface area contributed by atoms with Crippen molar-refractivity contribution in [3.8, 4) is 0 Å². The van der Waals surface area contributed by atoms with E-state index in [4.69, 9.17) is 0 Å². The Balaban J connectivity index is 2.40. The highest BCUT2D eigenvalue weighted by Gasteiger charge is 2.28. The van der Waals surface area contributed by atoms with Gasteiger partial charge in [-0.15, -0.1) is 0 Å². The Kier molecular flexibility index (Phi) is 5.16. The maximum absolute atomic E-state index is 11.9. The fourth-order valence-corrected chi connectivity index (χ4v) is 2.36. The van der Waals surface area contributed by atoms with Gasteiger partial charge in [0.05, 0.1) is 0 Å². The van der Waals surface area contributed by atoms with Crippen LogP contribution in [0.25, 0.3) is 0 Å². The van der Waals surface area contributed by atoms with E-state index in [1.54, 1.807) is 0 Å². The van der Waals surface area contributed by atoms with Crippen molar-refractivity contribution in [2.24, 2.45) is 17.8 Å². The molecule has 1 saturated heterocycles. The molecule has 1 fully saturated rings. The predicted molar refractivity (Wildman–Crippen MR) is 68.6 cm³/mol. The van der Waals surface area contributed by atoms with Gasteiger partial charge in [-0.3, -0.25) is 9.59 Å². The first kappa shape index (κ1) is 14.2. The summed E-state index contributed by atoms with van der Waals surface area (Å²) in [5, 5.41) is 0. The van der Waals surface area contributed by atoms with E-state index in [0.717, 1.165) is 25.9 Å². The Hall–Kier alpha value is -0.860. The molecule has 0 saturated carbocycles. The van der Waals surface area contributed by atoms with Crippen LogP contribution in [0, 0.1) is 17.8 Å². The third-order valence-corrected chi connectivity index (χ3v) is 3.40. The second-order valence-electron chi connectivity index (χ2n) is 5.81. The van der Waals surface area contributed by atoms with Gasteiger partial charge in [0.2, 0.25) is 5.91 Å². The molecule has 3 nitrogen and oxygen atoms in total. The van der Waals surface area contributed by atoms with Crippen LogP contribution in [-0.2, 0) is 9.59 Å². The lowest BCUT2D eigenvalue weighted by atomic mass is 9.87. The largest absolute Gasteiger partial charge is 0.343 e. The van der Waals surface area contributed by atoms with Gasteiger partial charge in [0.15, 0.2) is 0 Å². The average Bonchev–Trinajstić information content (AvgIpc) is 2.27. The van der Waals surface area contributed by atoms with E-state index in [9.17, 15) is 9.59 Å². The summed E-state index contributed by atoms with van der Waals surface area (Å²) in [6.45, 7) is 9.56. The first-order valence-electron chi connectivity index (χ1n) is 6.73. The predicted octanol–water partition coefficient (Wildman–Crippen LogP) is 2.50. The number of hydrogen-bond donors (Lipinski definition) is 0. The number of hydrogen-bond acceptors (Lipinski definition) is 2. The smallest absolute Gasteiger partial charge is 0.222 e. The van der Waals surface area contributed by atoms with Crippen molar-refractivity contribution in [2.75, 3.05) is 13.1 Å². The molecule has 0 spiro atoms. The zero-order valence-electron chi connectivity index (χ0n) is 11.5. The number of amides is 1. The summed E-state index contributed by atoms with van der Waals surface area (Å²) in [6.07, 6.45) is 2.32. The maximum Gasteiger partial charge on any atom is 0.222 e. The van der Waals surface area contributed by atoms with Crippen LogP contribution in [0.5, 0.6) is 0 Å². The molecule has 0 aromatic heterocycles. The number of rotatable bonds is 4. The van der Waals surface area contributed by atoms with Crippen molar-refractivity contribution in [1.82, 2.24) is 4.90 Å². The Morgan fingerprint density at radius 3 is 2.06 bits per heavy atom. The van der Waals surface area contributed by atoms with Crippen LogP contribution >= 0.6 is 0 Å². The molecule has 0 aromatic carbocycles. The molecule has 1 amide bonds. The molecule has 17 heavy (non-hydrogen) atoms. The second kappa shape index (κ2) is 6.18. The molecule has 0 aromatic rings. The van der Waals surface area contributed by atoms with Gasteiger partial charge in [0.1, 0.15) is 5.78 Å². The Morgan fingerprint density at radius 1 is 1.12 bits per heavy atom. The Bertz CT molecular complexity index is 276. The van der Waals surface area contributed by atoms with Gasteiger partial charge in [-0.25, -0.2) is 0 Å². The zero-order valence-corrected chi connectivity index (χ0v) is 11.5. The molecule has 98 valence electrons. The zero-order chi connectivity index (χ0) is 13.0. The molecule has 0 atom stereocenters. The molecule has 0 bridgehead atoms.